The Kier molecular flexibility index (Phi) is 8.22. The Bertz CT molecular complexity index is 1080. The van der Waals surface area contributed by atoms with Gasteiger partial charge in [0.2, 0.25) is 5.91 Å². The minimum atomic E-state index is -2.97. The van der Waals surface area contributed by atoms with Crippen LogP contribution >= 0.6 is 35.6 Å². The molecule has 1 N–H and O–H groups in total. The lowest BCUT2D eigenvalue weighted by Crippen LogP contribution is -2.29. The van der Waals surface area contributed by atoms with E-state index in [2.05, 4.69) is 10.1 Å². The molecule has 2 aromatic rings. The van der Waals surface area contributed by atoms with Crippen LogP contribution in [0, 0.1) is 6.92 Å². The van der Waals surface area contributed by atoms with Gasteiger partial charge >= 0.3 is 6.61 Å². The zero-order chi connectivity index (χ0) is 23.3. The van der Waals surface area contributed by atoms with Gasteiger partial charge < -0.3 is 10.1 Å². The molecule has 0 unspecified atom stereocenters. The molecular formula is C22H19ClF2N2O3S2. The number of carbonyl (C=O) groups excluding carboxylic acids is 2. The third-order valence-corrected chi connectivity index (χ3v) is 6.32. The SMILES string of the molecule is Cc1ccc(NC(=O)CCCN2C(=O)C(=Cc3ccccc3OC(F)F)SC2=S)cc1Cl. The van der Waals surface area contributed by atoms with Crippen LogP contribution in [0.25, 0.3) is 6.08 Å². The highest BCUT2D eigenvalue weighted by atomic mass is 35.5. The highest BCUT2D eigenvalue weighted by molar-refractivity contribution is 8.26. The van der Waals surface area contributed by atoms with Crippen LogP contribution in [0.2, 0.25) is 5.02 Å². The van der Waals surface area contributed by atoms with Crippen LogP contribution in [0.1, 0.15) is 24.0 Å². The largest absolute Gasteiger partial charge is 0.434 e. The standard InChI is InChI=1S/C22H19ClF2N2O3S2/c1-13-8-9-15(12-16(13)23)26-19(28)7-4-10-27-20(29)18(32-22(27)31)11-14-5-2-3-6-17(14)30-21(24)25/h2-3,5-6,8-9,11-12,21H,4,7,10H2,1H3,(H,26,28). The Morgan fingerprint density at radius 3 is 2.78 bits per heavy atom. The fourth-order valence-electron chi connectivity index (χ4n) is 2.93. The van der Waals surface area contributed by atoms with Crippen molar-refractivity contribution in [1.82, 2.24) is 4.90 Å². The molecule has 0 bridgehead atoms. The smallest absolute Gasteiger partial charge is 0.387 e. The fraction of sp³-hybridized carbons (Fsp3) is 0.227. The number of amides is 2. The first-order valence-electron chi connectivity index (χ1n) is 9.60. The van der Waals surface area contributed by atoms with E-state index in [0.717, 1.165) is 17.3 Å². The van der Waals surface area contributed by atoms with Crippen LogP contribution in [-0.2, 0) is 9.59 Å². The molecule has 0 aromatic heterocycles. The van der Waals surface area contributed by atoms with Gasteiger partial charge in [-0.3, -0.25) is 14.5 Å². The van der Waals surface area contributed by atoms with Crippen molar-refractivity contribution < 1.29 is 23.1 Å². The molecule has 1 fully saturated rings. The Morgan fingerprint density at radius 2 is 2.06 bits per heavy atom. The average molecular weight is 497 g/mol. The van der Waals surface area contributed by atoms with Crippen molar-refractivity contribution in [3.8, 4) is 5.75 Å². The molecule has 0 saturated carbocycles. The summed E-state index contributed by atoms with van der Waals surface area (Å²) in [6, 6.07) is 11.5. The first kappa shape index (κ1) is 24.2. The predicted octanol–water partition coefficient (Wildman–Crippen LogP) is 5.87. The number of carbonyl (C=O) groups is 2. The van der Waals surface area contributed by atoms with Gasteiger partial charge in [0, 0.05) is 29.2 Å². The molecule has 2 aromatic carbocycles. The van der Waals surface area contributed by atoms with E-state index in [4.69, 9.17) is 23.8 Å². The van der Waals surface area contributed by atoms with E-state index in [1.807, 2.05) is 13.0 Å². The number of benzene rings is 2. The summed E-state index contributed by atoms with van der Waals surface area (Å²) < 4.78 is 30.1. The Hall–Kier alpha value is -2.49. The van der Waals surface area contributed by atoms with Gasteiger partial charge in [0.05, 0.1) is 4.91 Å². The second-order valence-electron chi connectivity index (χ2n) is 6.87. The topological polar surface area (TPSA) is 58.6 Å². The van der Waals surface area contributed by atoms with Crippen molar-refractivity contribution in [2.24, 2.45) is 0 Å². The first-order chi connectivity index (χ1) is 15.2. The number of anilines is 1. The van der Waals surface area contributed by atoms with Gasteiger partial charge in [-0.05, 0) is 43.2 Å². The number of halogens is 3. The fourth-order valence-corrected chi connectivity index (χ4v) is 4.41. The number of nitrogens with zero attached hydrogens (tertiary/aromatic N) is 1. The number of para-hydroxylation sites is 1. The highest BCUT2D eigenvalue weighted by Gasteiger charge is 2.32. The van der Waals surface area contributed by atoms with Crippen molar-refractivity contribution in [1.29, 1.82) is 0 Å². The van der Waals surface area contributed by atoms with E-state index < -0.39 is 6.61 Å². The number of alkyl halides is 2. The van der Waals surface area contributed by atoms with Crippen molar-refractivity contribution in [3.63, 3.8) is 0 Å². The van der Waals surface area contributed by atoms with E-state index in [1.165, 1.54) is 17.0 Å². The van der Waals surface area contributed by atoms with E-state index >= 15 is 0 Å². The number of hydrogen-bond donors (Lipinski definition) is 1. The lowest BCUT2D eigenvalue weighted by Gasteiger charge is -2.14. The number of ether oxygens (including phenoxy) is 1. The molecule has 10 heteroatoms. The molecule has 1 aliphatic heterocycles. The molecule has 32 heavy (non-hydrogen) atoms. The molecule has 1 saturated heterocycles. The molecule has 0 aliphatic carbocycles. The third kappa shape index (κ3) is 6.27. The molecule has 3 rings (SSSR count). The van der Waals surface area contributed by atoms with E-state index in [0.29, 0.717) is 31.9 Å². The summed E-state index contributed by atoms with van der Waals surface area (Å²) in [5.74, 6) is -0.567. The molecular weight excluding hydrogens is 478 g/mol. The zero-order valence-corrected chi connectivity index (χ0v) is 19.3. The lowest BCUT2D eigenvalue weighted by molar-refractivity contribution is -0.122. The Labute approximate surface area is 198 Å². The van der Waals surface area contributed by atoms with Crippen LogP contribution in [0.5, 0.6) is 5.75 Å². The number of nitrogens with one attached hydrogen (secondary N) is 1. The van der Waals surface area contributed by atoms with Gasteiger partial charge in [0.25, 0.3) is 5.91 Å². The van der Waals surface area contributed by atoms with Gasteiger partial charge in [0.15, 0.2) is 0 Å². The summed E-state index contributed by atoms with van der Waals surface area (Å²) >= 11 is 12.4. The summed E-state index contributed by atoms with van der Waals surface area (Å²) in [7, 11) is 0. The summed E-state index contributed by atoms with van der Waals surface area (Å²) in [5, 5.41) is 3.33. The van der Waals surface area contributed by atoms with Crippen LogP contribution in [0.15, 0.2) is 47.4 Å². The number of hydrogen-bond acceptors (Lipinski definition) is 5. The normalized spacial score (nSPS) is 15.0. The minimum Gasteiger partial charge on any atom is -0.434 e. The van der Waals surface area contributed by atoms with Crippen LogP contribution in [0.4, 0.5) is 14.5 Å². The maximum absolute atomic E-state index is 12.7. The summed E-state index contributed by atoms with van der Waals surface area (Å²) in [4.78, 5) is 26.6. The number of aryl methyl sites for hydroxylation is 1. The minimum absolute atomic E-state index is 0.0272. The first-order valence-corrected chi connectivity index (χ1v) is 11.2. The average Bonchev–Trinajstić information content (AvgIpc) is 2.99. The van der Waals surface area contributed by atoms with Crippen molar-refractivity contribution >= 4 is 63.5 Å². The maximum Gasteiger partial charge on any atom is 0.387 e. The van der Waals surface area contributed by atoms with Crippen LogP contribution in [-0.4, -0.2) is 34.2 Å². The van der Waals surface area contributed by atoms with E-state index in [9.17, 15) is 18.4 Å². The molecule has 5 nitrogen and oxygen atoms in total. The molecule has 1 heterocycles. The van der Waals surface area contributed by atoms with E-state index in [-0.39, 0.29) is 30.5 Å². The molecule has 0 atom stereocenters. The number of rotatable bonds is 8. The van der Waals surface area contributed by atoms with Gasteiger partial charge in [0.1, 0.15) is 10.1 Å². The molecule has 0 spiro atoms. The van der Waals surface area contributed by atoms with Crippen molar-refractivity contribution in [2.45, 2.75) is 26.4 Å². The van der Waals surface area contributed by atoms with Gasteiger partial charge in [-0.1, -0.05) is 59.8 Å². The Balaban J connectivity index is 1.58. The van der Waals surface area contributed by atoms with E-state index in [1.54, 1.807) is 30.3 Å². The predicted molar refractivity (Wildman–Crippen MR) is 127 cm³/mol. The summed E-state index contributed by atoms with van der Waals surface area (Å²) in [5.41, 5.74) is 1.86. The van der Waals surface area contributed by atoms with Crippen LogP contribution < -0.4 is 10.1 Å². The monoisotopic (exact) mass is 496 g/mol. The Morgan fingerprint density at radius 1 is 1.31 bits per heavy atom. The second-order valence-corrected chi connectivity index (χ2v) is 8.95. The lowest BCUT2D eigenvalue weighted by atomic mass is 10.2. The summed E-state index contributed by atoms with van der Waals surface area (Å²) in [6.07, 6.45) is 2.06. The molecule has 0 radical (unpaired) electrons. The van der Waals surface area contributed by atoms with Crippen LogP contribution in [0.3, 0.4) is 0 Å². The summed E-state index contributed by atoms with van der Waals surface area (Å²) in [6.45, 7) is -0.838. The second kappa shape index (κ2) is 10.9. The number of thiocarbonyl (C=S) groups is 1. The third-order valence-electron chi connectivity index (χ3n) is 4.54. The maximum atomic E-state index is 12.7. The quantitative estimate of drug-likeness (QED) is 0.366. The molecule has 2 amide bonds. The highest BCUT2D eigenvalue weighted by Crippen LogP contribution is 2.34. The molecule has 1 aliphatic rings. The number of thioether (sulfide) groups is 1. The van der Waals surface area contributed by atoms with Gasteiger partial charge in [-0.2, -0.15) is 8.78 Å². The van der Waals surface area contributed by atoms with Gasteiger partial charge in [-0.25, -0.2) is 0 Å². The van der Waals surface area contributed by atoms with Gasteiger partial charge in [-0.15, -0.1) is 0 Å². The van der Waals surface area contributed by atoms with Crippen molar-refractivity contribution in [3.05, 3.63) is 63.5 Å². The molecule has 168 valence electrons. The van der Waals surface area contributed by atoms with Crippen molar-refractivity contribution in [2.75, 3.05) is 11.9 Å². The zero-order valence-electron chi connectivity index (χ0n) is 16.9.